The minimum absolute atomic E-state index is 0.00278. The van der Waals surface area contributed by atoms with E-state index in [0.29, 0.717) is 24.4 Å². The molecule has 2 aliphatic rings. The average Bonchev–Trinajstić information content (AvgIpc) is 3.14. The summed E-state index contributed by atoms with van der Waals surface area (Å²) in [6, 6.07) is 4.87. The van der Waals surface area contributed by atoms with E-state index in [-0.39, 0.29) is 11.9 Å². The van der Waals surface area contributed by atoms with Gasteiger partial charge in [0.2, 0.25) is 5.91 Å². The molecule has 1 atom stereocenters. The van der Waals surface area contributed by atoms with Gasteiger partial charge >= 0.3 is 6.18 Å². The van der Waals surface area contributed by atoms with Gasteiger partial charge in [-0.25, -0.2) is 0 Å². The molecular formula is C18H20F3N3O. The van der Waals surface area contributed by atoms with Gasteiger partial charge in [0.25, 0.3) is 0 Å². The number of benzene rings is 1. The van der Waals surface area contributed by atoms with Crippen LogP contribution in [0.4, 0.5) is 13.2 Å². The molecule has 0 aliphatic carbocycles. The van der Waals surface area contributed by atoms with Gasteiger partial charge in [0, 0.05) is 13.1 Å². The molecule has 0 spiro atoms. The van der Waals surface area contributed by atoms with Crippen LogP contribution in [-0.2, 0) is 11.0 Å². The molecular weight excluding hydrogens is 331 g/mol. The van der Waals surface area contributed by atoms with E-state index in [9.17, 15) is 18.0 Å². The number of nitrogens with zero attached hydrogens (tertiary/aromatic N) is 1. The molecule has 2 heterocycles. The van der Waals surface area contributed by atoms with Gasteiger partial charge in [0.05, 0.1) is 17.3 Å². The summed E-state index contributed by atoms with van der Waals surface area (Å²) in [5.41, 5.74) is 1.65. The van der Waals surface area contributed by atoms with Gasteiger partial charge in [-0.15, -0.1) is 0 Å². The van der Waals surface area contributed by atoms with Crippen molar-refractivity contribution in [3.05, 3.63) is 47.0 Å². The van der Waals surface area contributed by atoms with Crippen molar-refractivity contribution < 1.29 is 18.0 Å². The summed E-state index contributed by atoms with van der Waals surface area (Å²) in [4.78, 5) is 16.4. The monoisotopic (exact) mass is 351 g/mol. The van der Waals surface area contributed by atoms with Crippen LogP contribution in [0.15, 0.2) is 40.9 Å². The lowest BCUT2D eigenvalue weighted by molar-refractivity contribution is -0.137. The molecule has 0 radical (unpaired) electrons. The SMILES string of the molecule is O=C(NCC1=CC(c2ccc(C(F)(F)F)cc2)=NCC1)C1CCCN1. The van der Waals surface area contributed by atoms with Crippen molar-refractivity contribution >= 4 is 11.6 Å². The summed E-state index contributed by atoms with van der Waals surface area (Å²) in [6.45, 7) is 1.88. The molecule has 3 rings (SSSR count). The van der Waals surface area contributed by atoms with Gasteiger partial charge in [-0.3, -0.25) is 9.79 Å². The zero-order valence-corrected chi connectivity index (χ0v) is 13.7. The van der Waals surface area contributed by atoms with E-state index in [1.807, 2.05) is 6.08 Å². The maximum atomic E-state index is 12.6. The van der Waals surface area contributed by atoms with Crippen LogP contribution in [0.2, 0.25) is 0 Å². The number of amides is 1. The lowest BCUT2D eigenvalue weighted by Crippen LogP contribution is -2.41. The predicted octanol–water partition coefficient (Wildman–Crippen LogP) is 2.69. The fourth-order valence-corrected chi connectivity index (χ4v) is 3.01. The number of carbonyl (C=O) groups is 1. The number of rotatable bonds is 4. The summed E-state index contributed by atoms with van der Waals surface area (Å²) >= 11 is 0. The summed E-state index contributed by atoms with van der Waals surface area (Å²) in [5.74, 6) is -0.00278. The van der Waals surface area contributed by atoms with Crippen LogP contribution >= 0.6 is 0 Å². The molecule has 7 heteroatoms. The average molecular weight is 351 g/mol. The zero-order chi connectivity index (χ0) is 17.9. The van der Waals surface area contributed by atoms with Gasteiger partial charge in [-0.2, -0.15) is 13.2 Å². The maximum Gasteiger partial charge on any atom is 0.416 e. The molecule has 0 saturated carbocycles. The second kappa shape index (κ2) is 7.39. The number of hydrogen-bond donors (Lipinski definition) is 2. The lowest BCUT2D eigenvalue weighted by Gasteiger charge is -2.16. The molecule has 2 N–H and O–H groups in total. The minimum atomic E-state index is -4.34. The van der Waals surface area contributed by atoms with Crippen molar-refractivity contribution in [2.75, 3.05) is 19.6 Å². The van der Waals surface area contributed by atoms with Crippen LogP contribution < -0.4 is 10.6 Å². The standard InChI is InChI=1S/C18H20F3N3O/c19-18(20,21)14-5-3-13(4-6-14)16-10-12(7-9-23-16)11-24-17(25)15-2-1-8-22-15/h3-6,10,15,22H,1-2,7-9,11H2,(H,24,25). The van der Waals surface area contributed by atoms with Gasteiger partial charge in [0.1, 0.15) is 0 Å². The van der Waals surface area contributed by atoms with Gasteiger partial charge in [-0.1, -0.05) is 12.1 Å². The Kier molecular flexibility index (Phi) is 5.22. The van der Waals surface area contributed by atoms with Gasteiger partial charge in [-0.05, 0) is 55.2 Å². The molecule has 2 aliphatic heterocycles. The number of halogens is 3. The first-order chi connectivity index (χ1) is 11.9. The van der Waals surface area contributed by atoms with E-state index in [1.165, 1.54) is 12.1 Å². The molecule has 1 amide bonds. The Morgan fingerprint density at radius 2 is 2.04 bits per heavy atom. The third-order valence-corrected chi connectivity index (χ3v) is 4.43. The number of alkyl halides is 3. The van der Waals surface area contributed by atoms with Crippen LogP contribution in [-0.4, -0.2) is 37.3 Å². The molecule has 134 valence electrons. The highest BCUT2D eigenvalue weighted by atomic mass is 19.4. The van der Waals surface area contributed by atoms with E-state index in [0.717, 1.165) is 43.5 Å². The molecule has 25 heavy (non-hydrogen) atoms. The third-order valence-electron chi connectivity index (χ3n) is 4.43. The first kappa shape index (κ1) is 17.7. The highest BCUT2D eigenvalue weighted by Gasteiger charge is 2.30. The number of aliphatic imine (C=N–C) groups is 1. The van der Waals surface area contributed by atoms with Crippen LogP contribution in [0, 0.1) is 0 Å². The maximum absolute atomic E-state index is 12.6. The second-order valence-corrected chi connectivity index (χ2v) is 6.26. The largest absolute Gasteiger partial charge is 0.416 e. The molecule has 4 nitrogen and oxygen atoms in total. The van der Waals surface area contributed by atoms with Crippen LogP contribution in [0.3, 0.4) is 0 Å². The Balaban J connectivity index is 1.63. The van der Waals surface area contributed by atoms with E-state index in [2.05, 4.69) is 15.6 Å². The Morgan fingerprint density at radius 3 is 2.68 bits per heavy atom. The van der Waals surface area contributed by atoms with Gasteiger partial charge < -0.3 is 10.6 Å². The minimum Gasteiger partial charge on any atom is -0.351 e. The summed E-state index contributed by atoms with van der Waals surface area (Å²) < 4.78 is 37.9. The number of allylic oxidation sites excluding steroid dienone is 1. The Hall–Kier alpha value is -2.15. The fourth-order valence-electron chi connectivity index (χ4n) is 3.01. The van der Waals surface area contributed by atoms with Crippen molar-refractivity contribution in [1.82, 2.24) is 10.6 Å². The third kappa shape index (κ3) is 4.48. The number of carbonyl (C=O) groups excluding carboxylic acids is 1. The number of nitrogens with one attached hydrogen (secondary N) is 2. The highest BCUT2D eigenvalue weighted by molar-refractivity contribution is 6.09. The molecule has 1 saturated heterocycles. The van der Waals surface area contributed by atoms with Crippen LogP contribution in [0.5, 0.6) is 0 Å². The number of dihydropyridines is 1. The Morgan fingerprint density at radius 1 is 1.28 bits per heavy atom. The molecule has 1 fully saturated rings. The topological polar surface area (TPSA) is 53.5 Å². The highest BCUT2D eigenvalue weighted by Crippen LogP contribution is 2.29. The molecule has 0 bridgehead atoms. The van der Waals surface area contributed by atoms with Crippen molar-refractivity contribution in [3.63, 3.8) is 0 Å². The molecule has 1 aromatic carbocycles. The molecule has 0 aromatic heterocycles. The summed E-state index contributed by atoms with van der Waals surface area (Å²) in [7, 11) is 0. The lowest BCUT2D eigenvalue weighted by atomic mass is 10.0. The predicted molar refractivity (Wildman–Crippen MR) is 89.6 cm³/mol. The first-order valence-corrected chi connectivity index (χ1v) is 8.36. The van der Waals surface area contributed by atoms with Crippen molar-refractivity contribution in [3.8, 4) is 0 Å². The van der Waals surface area contributed by atoms with E-state index in [4.69, 9.17) is 0 Å². The smallest absolute Gasteiger partial charge is 0.351 e. The Labute approximate surface area is 144 Å². The summed E-state index contributed by atoms with van der Waals surface area (Å²) in [6.07, 6.45) is 0.109. The van der Waals surface area contributed by atoms with Crippen molar-refractivity contribution in [2.45, 2.75) is 31.5 Å². The van der Waals surface area contributed by atoms with Crippen molar-refractivity contribution in [2.24, 2.45) is 4.99 Å². The normalized spacial score (nSPS) is 20.8. The van der Waals surface area contributed by atoms with E-state index in [1.54, 1.807) is 0 Å². The van der Waals surface area contributed by atoms with E-state index < -0.39 is 11.7 Å². The Bertz CT molecular complexity index is 687. The van der Waals surface area contributed by atoms with Crippen LogP contribution in [0.25, 0.3) is 0 Å². The summed E-state index contributed by atoms with van der Waals surface area (Å²) in [5, 5.41) is 6.07. The van der Waals surface area contributed by atoms with Crippen LogP contribution in [0.1, 0.15) is 30.4 Å². The van der Waals surface area contributed by atoms with E-state index >= 15 is 0 Å². The molecule has 1 unspecified atom stereocenters. The van der Waals surface area contributed by atoms with Crippen molar-refractivity contribution in [1.29, 1.82) is 0 Å². The second-order valence-electron chi connectivity index (χ2n) is 6.26. The fraction of sp³-hybridized carbons (Fsp3) is 0.444. The zero-order valence-electron chi connectivity index (χ0n) is 13.7. The quantitative estimate of drug-likeness (QED) is 0.876. The first-order valence-electron chi connectivity index (χ1n) is 8.36. The molecule has 1 aromatic rings. The number of hydrogen-bond acceptors (Lipinski definition) is 3. The van der Waals surface area contributed by atoms with Gasteiger partial charge in [0.15, 0.2) is 0 Å².